The number of amides is 3. The Balaban J connectivity index is 1.60. The van der Waals surface area contributed by atoms with Gasteiger partial charge in [0.2, 0.25) is 11.8 Å². The minimum absolute atomic E-state index is 0.0702. The molecule has 4 rings (SSSR count). The molecule has 1 fully saturated rings. The van der Waals surface area contributed by atoms with Crippen LogP contribution >= 0.6 is 11.3 Å². The maximum atomic E-state index is 13.4. The highest BCUT2D eigenvalue weighted by atomic mass is 32.1. The van der Waals surface area contributed by atoms with Crippen molar-refractivity contribution in [3.05, 3.63) is 82.0 Å². The normalized spacial score (nSPS) is 17.6. The molecule has 7 heteroatoms. The van der Waals surface area contributed by atoms with Crippen LogP contribution in [0.5, 0.6) is 0 Å². The Hall–Kier alpha value is -3.45. The van der Waals surface area contributed by atoms with E-state index < -0.39 is 5.92 Å². The van der Waals surface area contributed by atoms with E-state index in [-0.39, 0.29) is 30.2 Å². The van der Waals surface area contributed by atoms with Gasteiger partial charge >= 0.3 is 0 Å². The zero-order valence-corrected chi connectivity index (χ0v) is 20.5. The van der Waals surface area contributed by atoms with E-state index in [0.29, 0.717) is 24.3 Å². The van der Waals surface area contributed by atoms with Crippen molar-refractivity contribution in [3.8, 4) is 0 Å². The van der Waals surface area contributed by atoms with Crippen LogP contribution in [0.3, 0.4) is 0 Å². The first kappa shape index (κ1) is 23.7. The summed E-state index contributed by atoms with van der Waals surface area (Å²) in [7, 11) is 0. The molecule has 6 nitrogen and oxygen atoms in total. The van der Waals surface area contributed by atoms with Crippen LogP contribution in [0.15, 0.2) is 66.0 Å². The van der Waals surface area contributed by atoms with Gasteiger partial charge in [0.15, 0.2) is 0 Å². The zero-order chi connectivity index (χ0) is 24.2. The van der Waals surface area contributed by atoms with E-state index in [4.69, 9.17) is 0 Å². The molecule has 34 heavy (non-hydrogen) atoms. The lowest BCUT2D eigenvalue weighted by Crippen LogP contribution is -2.32. The van der Waals surface area contributed by atoms with Crippen molar-refractivity contribution in [2.24, 2.45) is 5.92 Å². The van der Waals surface area contributed by atoms with Crippen molar-refractivity contribution >= 4 is 40.4 Å². The van der Waals surface area contributed by atoms with Gasteiger partial charge in [-0.2, -0.15) is 0 Å². The molecule has 0 radical (unpaired) electrons. The van der Waals surface area contributed by atoms with Gasteiger partial charge in [-0.3, -0.25) is 14.4 Å². The molecular weight excluding hydrogens is 446 g/mol. The number of nitrogens with zero attached hydrogens (tertiary/aromatic N) is 2. The number of carbonyl (C=O) groups excluding carboxylic acids is 3. The number of thiophene rings is 1. The Labute approximate surface area is 204 Å². The van der Waals surface area contributed by atoms with Crippen LogP contribution in [-0.2, 0) is 9.59 Å². The van der Waals surface area contributed by atoms with Crippen LogP contribution in [0.2, 0.25) is 0 Å². The van der Waals surface area contributed by atoms with Gasteiger partial charge in [-0.1, -0.05) is 29.8 Å². The maximum absolute atomic E-state index is 13.4. The first-order chi connectivity index (χ1) is 16.4. The average molecular weight is 476 g/mol. The van der Waals surface area contributed by atoms with E-state index >= 15 is 0 Å². The van der Waals surface area contributed by atoms with E-state index in [1.807, 2.05) is 62.5 Å². The van der Waals surface area contributed by atoms with Crippen LogP contribution in [0.4, 0.5) is 11.4 Å². The highest BCUT2D eigenvalue weighted by molar-refractivity contribution is 7.10. The van der Waals surface area contributed by atoms with E-state index in [1.165, 1.54) is 0 Å². The summed E-state index contributed by atoms with van der Waals surface area (Å²) < 4.78 is 0. The average Bonchev–Trinajstić information content (AvgIpc) is 3.48. The molecule has 2 heterocycles. The van der Waals surface area contributed by atoms with Gasteiger partial charge in [0.1, 0.15) is 0 Å². The van der Waals surface area contributed by atoms with Crippen LogP contribution in [0, 0.1) is 12.8 Å². The van der Waals surface area contributed by atoms with Crippen LogP contribution in [-0.4, -0.2) is 35.7 Å². The van der Waals surface area contributed by atoms with Crippen molar-refractivity contribution in [1.82, 2.24) is 4.90 Å². The fraction of sp³-hybridized carbons (Fsp3) is 0.296. The second-order valence-corrected chi connectivity index (χ2v) is 9.40. The molecule has 1 aliphatic heterocycles. The van der Waals surface area contributed by atoms with E-state index in [1.54, 1.807) is 45.4 Å². The lowest BCUT2D eigenvalue weighted by molar-refractivity contribution is -0.122. The number of anilines is 2. The van der Waals surface area contributed by atoms with Gasteiger partial charge < -0.3 is 15.1 Å². The maximum Gasteiger partial charge on any atom is 0.253 e. The molecule has 1 saturated heterocycles. The second kappa shape index (κ2) is 10.2. The fourth-order valence-corrected chi connectivity index (χ4v) is 5.30. The summed E-state index contributed by atoms with van der Waals surface area (Å²) in [4.78, 5) is 43.8. The predicted molar refractivity (Wildman–Crippen MR) is 136 cm³/mol. The number of hydrogen-bond donors (Lipinski definition) is 1. The first-order valence-electron chi connectivity index (χ1n) is 11.5. The smallest absolute Gasteiger partial charge is 0.253 e. The van der Waals surface area contributed by atoms with E-state index in [2.05, 4.69) is 5.32 Å². The number of hydrogen-bond acceptors (Lipinski definition) is 4. The van der Waals surface area contributed by atoms with Crippen LogP contribution in [0.1, 0.15) is 47.1 Å². The van der Waals surface area contributed by atoms with Crippen molar-refractivity contribution in [1.29, 1.82) is 0 Å². The molecule has 2 unspecified atom stereocenters. The fourth-order valence-electron chi connectivity index (χ4n) is 4.42. The third kappa shape index (κ3) is 4.75. The highest BCUT2D eigenvalue weighted by Crippen LogP contribution is 2.43. The van der Waals surface area contributed by atoms with E-state index in [9.17, 15) is 14.4 Å². The third-order valence-corrected chi connectivity index (χ3v) is 7.18. The molecule has 176 valence electrons. The van der Waals surface area contributed by atoms with Gasteiger partial charge in [-0.25, -0.2) is 0 Å². The molecule has 3 aromatic rings. The molecule has 2 atom stereocenters. The number of carbonyl (C=O) groups is 3. The number of rotatable bonds is 7. The summed E-state index contributed by atoms with van der Waals surface area (Å²) in [5, 5.41) is 4.92. The number of aryl methyl sites for hydroxylation is 1. The van der Waals surface area contributed by atoms with Crippen molar-refractivity contribution in [3.63, 3.8) is 0 Å². The molecule has 1 aromatic heterocycles. The standard InChI is InChI=1S/C27H29N3O3S/c1-4-29(5-2)27(33)19-8-6-9-20(16-19)28-26(32)22-17-24(31)30(21-13-11-18(3)12-14-21)25(22)23-10-7-15-34-23/h6-16,22,25H,4-5,17H2,1-3H3,(H,28,32). The lowest BCUT2D eigenvalue weighted by atomic mass is 9.97. The highest BCUT2D eigenvalue weighted by Gasteiger charge is 2.45. The molecule has 2 aromatic carbocycles. The van der Waals surface area contributed by atoms with Gasteiger partial charge in [-0.15, -0.1) is 11.3 Å². The number of nitrogens with one attached hydrogen (secondary N) is 1. The molecule has 3 amide bonds. The van der Waals surface area contributed by atoms with Gasteiger partial charge in [0.25, 0.3) is 5.91 Å². The number of benzene rings is 2. The van der Waals surface area contributed by atoms with Crippen molar-refractivity contribution in [2.45, 2.75) is 33.2 Å². The van der Waals surface area contributed by atoms with Crippen molar-refractivity contribution in [2.75, 3.05) is 23.3 Å². The quantitative estimate of drug-likeness (QED) is 0.506. The summed E-state index contributed by atoms with van der Waals surface area (Å²) >= 11 is 1.54. The zero-order valence-electron chi connectivity index (χ0n) is 19.7. The Morgan fingerprint density at radius 2 is 1.79 bits per heavy atom. The van der Waals surface area contributed by atoms with Crippen LogP contribution in [0.25, 0.3) is 0 Å². The van der Waals surface area contributed by atoms with Crippen LogP contribution < -0.4 is 10.2 Å². The van der Waals surface area contributed by atoms with Gasteiger partial charge in [-0.05, 0) is 62.5 Å². The SMILES string of the molecule is CCN(CC)C(=O)c1cccc(NC(=O)C2CC(=O)N(c3ccc(C)cc3)C2c2cccs2)c1. The molecule has 0 saturated carbocycles. The first-order valence-corrected chi connectivity index (χ1v) is 12.4. The monoisotopic (exact) mass is 475 g/mol. The minimum Gasteiger partial charge on any atom is -0.339 e. The Kier molecular flexibility index (Phi) is 7.12. The Bertz CT molecular complexity index is 1170. The Morgan fingerprint density at radius 1 is 1.06 bits per heavy atom. The topological polar surface area (TPSA) is 69.7 Å². The summed E-state index contributed by atoms with van der Waals surface area (Å²) in [5.74, 6) is -0.921. The van der Waals surface area contributed by atoms with Gasteiger partial charge in [0.05, 0.1) is 12.0 Å². The predicted octanol–water partition coefficient (Wildman–Crippen LogP) is 5.27. The molecule has 1 aliphatic rings. The minimum atomic E-state index is -0.547. The largest absolute Gasteiger partial charge is 0.339 e. The summed E-state index contributed by atoms with van der Waals surface area (Å²) in [5.41, 5.74) is 2.97. The summed E-state index contributed by atoms with van der Waals surface area (Å²) in [6.45, 7) is 7.12. The third-order valence-electron chi connectivity index (χ3n) is 6.23. The molecule has 0 bridgehead atoms. The van der Waals surface area contributed by atoms with Gasteiger partial charge in [0, 0.05) is 41.3 Å². The van der Waals surface area contributed by atoms with Crippen molar-refractivity contribution < 1.29 is 14.4 Å². The molecule has 1 N–H and O–H groups in total. The molecule has 0 aliphatic carbocycles. The van der Waals surface area contributed by atoms with E-state index in [0.717, 1.165) is 16.1 Å². The lowest BCUT2D eigenvalue weighted by Gasteiger charge is -2.27. The summed E-state index contributed by atoms with van der Waals surface area (Å²) in [6, 6.07) is 18.3. The molecular formula is C27H29N3O3S. The molecule has 0 spiro atoms. The summed E-state index contributed by atoms with van der Waals surface area (Å²) in [6.07, 6.45) is 0.125. The second-order valence-electron chi connectivity index (χ2n) is 8.42. The Morgan fingerprint density at radius 3 is 2.44 bits per heavy atom.